The second-order valence-electron chi connectivity index (χ2n) is 14.0. The van der Waals surface area contributed by atoms with Gasteiger partial charge in [-0.15, -0.1) is 11.3 Å². The van der Waals surface area contributed by atoms with E-state index in [4.69, 9.17) is 19.4 Å². The number of rotatable bonds is 6. The Labute approximate surface area is 327 Å². The molecule has 0 aliphatic carbocycles. The molecule has 8 aromatic carbocycles. The van der Waals surface area contributed by atoms with E-state index in [0.717, 1.165) is 76.7 Å². The third-order valence-electron chi connectivity index (χ3n) is 10.6. The van der Waals surface area contributed by atoms with Gasteiger partial charge in [0, 0.05) is 47.6 Å². The summed E-state index contributed by atoms with van der Waals surface area (Å²) in [5.74, 6) is 1.89. The van der Waals surface area contributed by atoms with E-state index < -0.39 is 0 Å². The molecule has 0 atom stereocenters. The highest BCUT2D eigenvalue weighted by Gasteiger charge is 2.19. The Morgan fingerprint density at radius 3 is 1.77 bits per heavy atom. The number of para-hydroxylation sites is 1. The number of aromatic nitrogens is 3. The first-order valence-electron chi connectivity index (χ1n) is 18.7. The first-order chi connectivity index (χ1) is 27.7. The summed E-state index contributed by atoms with van der Waals surface area (Å²) in [6.07, 6.45) is 0. The van der Waals surface area contributed by atoms with Crippen molar-refractivity contribution in [2.75, 3.05) is 0 Å². The predicted octanol–water partition coefficient (Wildman–Crippen LogP) is 14.1. The van der Waals surface area contributed by atoms with Crippen LogP contribution in [0.1, 0.15) is 0 Å². The van der Waals surface area contributed by atoms with Crippen molar-refractivity contribution in [3.63, 3.8) is 0 Å². The fraction of sp³-hybridized carbons (Fsp3) is 0. The summed E-state index contributed by atoms with van der Waals surface area (Å²) in [5.41, 5.74) is 11.2. The average molecular weight is 734 g/mol. The van der Waals surface area contributed by atoms with Crippen LogP contribution in [0.4, 0.5) is 0 Å². The summed E-state index contributed by atoms with van der Waals surface area (Å²) < 4.78 is 8.73. The van der Waals surface area contributed by atoms with Gasteiger partial charge in [0.2, 0.25) is 0 Å². The molecule has 0 radical (unpaired) electrons. The third kappa shape index (κ3) is 5.56. The maximum absolute atomic E-state index is 6.32. The van der Waals surface area contributed by atoms with Crippen molar-refractivity contribution in [1.82, 2.24) is 15.0 Å². The van der Waals surface area contributed by atoms with Gasteiger partial charge in [0.05, 0.1) is 0 Å². The fourth-order valence-corrected chi connectivity index (χ4v) is 9.04. The van der Waals surface area contributed by atoms with Crippen LogP contribution in [0.15, 0.2) is 192 Å². The molecule has 3 heterocycles. The molecule has 0 aliphatic heterocycles. The molecule has 0 spiro atoms. The van der Waals surface area contributed by atoms with E-state index in [9.17, 15) is 0 Å². The van der Waals surface area contributed by atoms with Crippen molar-refractivity contribution >= 4 is 53.4 Å². The topological polar surface area (TPSA) is 51.8 Å². The molecule has 3 aromatic heterocycles. The van der Waals surface area contributed by atoms with Crippen LogP contribution in [0.2, 0.25) is 0 Å². The molecule has 11 rings (SSSR count). The number of nitrogens with zero attached hydrogens (tertiary/aromatic N) is 3. The zero-order chi connectivity index (χ0) is 37.0. The maximum atomic E-state index is 6.32. The molecule has 0 aliphatic rings. The second kappa shape index (κ2) is 13.3. The number of hydrogen-bond acceptors (Lipinski definition) is 5. The summed E-state index contributed by atoms with van der Waals surface area (Å²) in [6, 6.07) is 65.7. The van der Waals surface area contributed by atoms with Gasteiger partial charge in [-0.1, -0.05) is 146 Å². The number of benzene rings is 8. The Hall–Kier alpha value is -7.21. The summed E-state index contributed by atoms with van der Waals surface area (Å²) in [7, 11) is 0. The minimum atomic E-state index is 0.615. The molecular weight excluding hydrogens is 703 g/mol. The smallest absolute Gasteiger partial charge is 0.165 e. The molecular formula is C51H31N3OS. The number of fused-ring (bicyclic) bond motifs is 6. The average Bonchev–Trinajstić information content (AvgIpc) is 3.85. The van der Waals surface area contributed by atoms with Gasteiger partial charge < -0.3 is 4.42 Å². The lowest BCUT2D eigenvalue weighted by Gasteiger charge is -2.14. The van der Waals surface area contributed by atoms with Crippen LogP contribution >= 0.6 is 11.3 Å². The molecule has 11 aromatic rings. The molecule has 4 nitrogen and oxygen atoms in total. The minimum absolute atomic E-state index is 0.615. The monoisotopic (exact) mass is 733 g/mol. The maximum Gasteiger partial charge on any atom is 0.165 e. The van der Waals surface area contributed by atoms with Gasteiger partial charge in [0.15, 0.2) is 17.5 Å². The van der Waals surface area contributed by atoms with Gasteiger partial charge in [0.1, 0.15) is 11.2 Å². The quantitative estimate of drug-likeness (QED) is 0.171. The van der Waals surface area contributed by atoms with Crippen molar-refractivity contribution in [2.24, 2.45) is 0 Å². The lowest BCUT2D eigenvalue weighted by Crippen LogP contribution is -2.01. The van der Waals surface area contributed by atoms with Crippen LogP contribution in [0.5, 0.6) is 0 Å². The lowest BCUT2D eigenvalue weighted by atomic mass is 9.92. The Balaban J connectivity index is 1.11. The van der Waals surface area contributed by atoms with E-state index in [1.54, 1.807) is 11.3 Å². The highest BCUT2D eigenvalue weighted by molar-refractivity contribution is 7.26. The van der Waals surface area contributed by atoms with E-state index in [0.29, 0.717) is 17.5 Å². The van der Waals surface area contributed by atoms with Crippen molar-refractivity contribution in [2.45, 2.75) is 0 Å². The Morgan fingerprint density at radius 1 is 0.321 bits per heavy atom. The SMILES string of the molecule is c1ccc(-c2cccc(-c3nc(-c4ccc(-c5ccc6c(c5)oc5ccccc56)c(-c5ccccc5)c4)nc(-c4cccc5c4sc4ccccc45)n3)c2)cc1. The standard InChI is InChI=1S/C51H31N3OS/c1-3-13-32(14-4-1)34-17-11-18-36(29-34)49-52-50(54-51(53-49)43-22-12-21-42-41-20-8-10-24-47(41)56-48(42)43)37-26-27-38(44(30-37)33-15-5-2-6-16-33)35-25-28-40-39-19-7-9-23-45(39)55-46(40)31-35/h1-31H. The van der Waals surface area contributed by atoms with Crippen molar-refractivity contribution in [3.05, 3.63) is 188 Å². The number of thiophene rings is 1. The largest absolute Gasteiger partial charge is 0.456 e. The number of furan rings is 1. The second-order valence-corrected chi connectivity index (χ2v) is 15.0. The first kappa shape index (κ1) is 32.2. The zero-order valence-corrected chi connectivity index (χ0v) is 30.9. The molecule has 262 valence electrons. The van der Waals surface area contributed by atoms with Gasteiger partial charge in [0.25, 0.3) is 0 Å². The summed E-state index contributed by atoms with van der Waals surface area (Å²) >= 11 is 1.78. The summed E-state index contributed by atoms with van der Waals surface area (Å²) in [5, 5.41) is 4.67. The molecule has 0 unspecified atom stereocenters. The van der Waals surface area contributed by atoms with Gasteiger partial charge >= 0.3 is 0 Å². The molecule has 5 heteroatoms. The molecule has 56 heavy (non-hydrogen) atoms. The van der Waals surface area contributed by atoms with Crippen LogP contribution in [0.3, 0.4) is 0 Å². The van der Waals surface area contributed by atoms with Gasteiger partial charge in [-0.25, -0.2) is 15.0 Å². The van der Waals surface area contributed by atoms with E-state index in [1.165, 1.54) is 15.5 Å². The van der Waals surface area contributed by atoms with Gasteiger partial charge in [-0.2, -0.15) is 0 Å². The molecule has 0 saturated carbocycles. The number of hydrogen-bond donors (Lipinski definition) is 0. The fourth-order valence-electron chi connectivity index (χ4n) is 7.83. The van der Waals surface area contributed by atoms with Crippen molar-refractivity contribution < 1.29 is 4.42 Å². The van der Waals surface area contributed by atoms with Crippen LogP contribution in [-0.2, 0) is 0 Å². The highest BCUT2D eigenvalue weighted by atomic mass is 32.1. The summed E-state index contributed by atoms with van der Waals surface area (Å²) in [4.78, 5) is 15.7. The van der Waals surface area contributed by atoms with Crippen LogP contribution in [0.25, 0.3) is 110 Å². The van der Waals surface area contributed by atoms with Crippen LogP contribution < -0.4 is 0 Å². The Kier molecular flexibility index (Phi) is 7.64. The summed E-state index contributed by atoms with van der Waals surface area (Å²) in [6.45, 7) is 0. The Bertz CT molecular complexity index is 3260. The molecule has 0 bridgehead atoms. The minimum Gasteiger partial charge on any atom is -0.456 e. The molecule has 0 amide bonds. The lowest BCUT2D eigenvalue weighted by molar-refractivity contribution is 0.669. The van der Waals surface area contributed by atoms with E-state index >= 15 is 0 Å². The van der Waals surface area contributed by atoms with Gasteiger partial charge in [-0.3, -0.25) is 0 Å². The third-order valence-corrected chi connectivity index (χ3v) is 11.8. The zero-order valence-electron chi connectivity index (χ0n) is 30.1. The molecule has 0 N–H and O–H groups in total. The van der Waals surface area contributed by atoms with E-state index in [1.807, 2.05) is 18.2 Å². The van der Waals surface area contributed by atoms with Crippen molar-refractivity contribution in [1.29, 1.82) is 0 Å². The highest BCUT2D eigenvalue weighted by Crippen LogP contribution is 2.41. The predicted molar refractivity (Wildman–Crippen MR) is 233 cm³/mol. The van der Waals surface area contributed by atoms with E-state index in [2.05, 4.69) is 170 Å². The normalized spacial score (nSPS) is 11.6. The van der Waals surface area contributed by atoms with Crippen LogP contribution in [0, 0.1) is 0 Å². The van der Waals surface area contributed by atoms with Crippen molar-refractivity contribution in [3.8, 4) is 67.5 Å². The van der Waals surface area contributed by atoms with E-state index in [-0.39, 0.29) is 0 Å². The molecule has 0 fully saturated rings. The van der Waals surface area contributed by atoms with Crippen LogP contribution in [-0.4, -0.2) is 15.0 Å². The molecule has 0 saturated heterocycles. The first-order valence-corrected chi connectivity index (χ1v) is 19.5. The Morgan fingerprint density at radius 2 is 0.929 bits per heavy atom. The van der Waals surface area contributed by atoms with Gasteiger partial charge in [-0.05, 0) is 75.8 Å².